The molecule has 0 amide bonds. The van der Waals surface area contributed by atoms with Crippen molar-refractivity contribution in [3.8, 4) is 0 Å². The molecule has 0 saturated heterocycles. The average Bonchev–Trinajstić information content (AvgIpc) is 2.07. The third kappa shape index (κ3) is 24.5. The van der Waals surface area contributed by atoms with Crippen LogP contribution < -0.4 is 0 Å². The molecule has 0 aliphatic rings. The number of nitrogens with zero attached hydrogens (tertiary/aromatic N) is 1. The molecule has 0 saturated carbocycles. The van der Waals surface area contributed by atoms with E-state index in [1.165, 1.54) is 0 Å². The summed E-state index contributed by atoms with van der Waals surface area (Å²) in [5.74, 6) is 0. The van der Waals surface area contributed by atoms with Crippen LogP contribution in [0.3, 0.4) is 0 Å². The summed E-state index contributed by atoms with van der Waals surface area (Å²) < 4.78 is 5.10. The van der Waals surface area contributed by atoms with Crippen molar-refractivity contribution in [1.82, 2.24) is 4.90 Å². The topological polar surface area (TPSA) is 32.7 Å². The first kappa shape index (κ1) is 15.4. The van der Waals surface area contributed by atoms with Crippen LogP contribution in [0, 0.1) is 0 Å². The smallest absolute Gasteiger partial charge is 0.0593 e. The number of aliphatic hydroxyl groups excluding tert-OH is 1. The van der Waals surface area contributed by atoms with Crippen LogP contribution in [0.25, 0.3) is 0 Å². The molecule has 0 aliphatic carbocycles. The molecule has 0 aromatic carbocycles. The van der Waals surface area contributed by atoms with Crippen LogP contribution in [-0.2, 0) is 4.74 Å². The highest BCUT2D eigenvalue weighted by atomic mass is 16.5. The Labute approximate surface area is 82.7 Å². The first-order valence-electron chi connectivity index (χ1n) is 5.02. The lowest BCUT2D eigenvalue weighted by atomic mass is 10.4. The maximum absolute atomic E-state index is 8.07. The molecule has 0 aromatic rings. The first-order chi connectivity index (χ1) is 6.18. The Balaban J connectivity index is 0. The van der Waals surface area contributed by atoms with Gasteiger partial charge in [-0.15, -0.1) is 0 Å². The lowest BCUT2D eigenvalue weighted by Crippen LogP contribution is -2.17. The Morgan fingerprint density at radius 1 is 1.23 bits per heavy atom. The Kier molecular flexibility index (Phi) is 17.0. The van der Waals surface area contributed by atoms with E-state index in [4.69, 9.17) is 9.84 Å². The summed E-state index contributed by atoms with van der Waals surface area (Å²) in [5, 5.41) is 8.07. The molecular weight excluding hydrogens is 166 g/mol. The van der Waals surface area contributed by atoms with E-state index < -0.39 is 0 Å². The number of unbranched alkanes of at least 4 members (excludes halogenated alkanes) is 1. The van der Waals surface area contributed by atoms with Gasteiger partial charge in [-0.3, -0.25) is 0 Å². The predicted octanol–water partition coefficient (Wildman–Crippen LogP) is 1.36. The van der Waals surface area contributed by atoms with Gasteiger partial charge in [0, 0.05) is 19.8 Å². The van der Waals surface area contributed by atoms with Crippen LogP contribution in [0.2, 0.25) is 0 Å². The Morgan fingerprint density at radius 2 is 1.85 bits per heavy atom. The number of likely N-dealkylation sites (N-methyl/N-ethyl adjacent to an activating group) is 1. The molecule has 1 N–H and O–H groups in total. The second kappa shape index (κ2) is 14.4. The van der Waals surface area contributed by atoms with Gasteiger partial charge in [-0.2, -0.15) is 0 Å². The van der Waals surface area contributed by atoms with Crippen LogP contribution in [0.4, 0.5) is 0 Å². The molecule has 0 aromatic heterocycles. The van der Waals surface area contributed by atoms with Crippen molar-refractivity contribution in [3.05, 3.63) is 0 Å². The van der Waals surface area contributed by atoms with Crippen molar-refractivity contribution in [3.63, 3.8) is 0 Å². The second-order valence-corrected chi connectivity index (χ2v) is 3.08. The third-order valence-electron chi connectivity index (χ3n) is 1.40. The van der Waals surface area contributed by atoms with Crippen LogP contribution >= 0.6 is 0 Å². The van der Waals surface area contributed by atoms with E-state index in [-0.39, 0.29) is 0 Å². The van der Waals surface area contributed by atoms with Gasteiger partial charge in [0.15, 0.2) is 0 Å². The Hall–Kier alpha value is -0.120. The number of aliphatic hydroxyl groups is 1. The van der Waals surface area contributed by atoms with E-state index >= 15 is 0 Å². The van der Waals surface area contributed by atoms with Crippen molar-refractivity contribution in [1.29, 1.82) is 0 Å². The molecule has 0 heterocycles. The van der Waals surface area contributed by atoms with E-state index in [0.717, 1.165) is 32.6 Å². The molecule has 0 radical (unpaired) electrons. The second-order valence-electron chi connectivity index (χ2n) is 3.08. The minimum atomic E-state index is 0.344. The molecule has 0 aliphatic heterocycles. The maximum atomic E-state index is 8.07. The fourth-order valence-electron chi connectivity index (χ4n) is 0.550. The van der Waals surface area contributed by atoms with Gasteiger partial charge in [-0.1, -0.05) is 13.3 Å². The van der Waals surface area contributed by atoms with E-state index in [0.29, 0.717) is 6.61 Å². The largest absolute Gasteiger partial charge is 0.396 e. The standard InChI is InChI=1S/C6H15NO.C4H10O/c1-4-8-6-5-7(2)3;1-2-3-4-5/h4-6H2,1-3H3;5H,2-4H2,1H3. The average molecular weight is 191 g/mol. The number of hydrogen-bond acceptors (Lipinski definition) is 3. The summed E-state index contributed by atoms with van der Waals surface area (Å²) in [7, 11) is 4.08. The van der Waals surface area contributed by atoms with E-state index in [9.17, 15) is 0 Å². The van der Waals surface area contributed by atoms with Gasteiger partial charge in [0.2, 0.25) is 0 Å². The molecule has 3 heteroatoms. The summed E-state index contributed by atoms with van der Waals surface area (Å²) in [5.41, 5.74) is 0. The van der Waals surface area contributed by atoms with Gasteiger partial charge in [-0.25, -0.2) is 0 Å². The lowest BCUT2D eigenvalue weighted by Gasteiger charge is -2.07. The fraction of sp³-hybridized carbons (Fsp3) is 1.00. The molecule has 3 nitrogen and oxygen atoms in total. The van der Waals surface area contributed by atoms with E-state index in [1.807, 2.05) is 21.0 Å². The fourth-order valence-corrected chi connectivity index (χ4v) is 0.550. The minimum Gasteiger partial charge on any atom is -0.396 e. The number of hydrogen-bond donors (Lipinski definition) is 1. The lowest BCUT2D eigenvalue weighted by molar-refractivity contribution is 0.129. The third-order valence-corrected chi connectivity index (χ3v) is 1.40. The molecule has 0 spiro atoms. The highest BCUT2D eigenvalue weighted by Gasteiger charge is 1.85. The molecule has 0 fully saturated rings. The van der Waals surface area contributed by atoms with Gasteiger partial charge in [-0.05, 0) is 27.4 Å². The highest BCUT2D eigenvalue weighted by Crippen LogP contribution is 1.79. The molecule has 0 rings (SSSR count). The van der Waals surface area contributed by atoms with E-state index in [2.05, 4.69) is 11.8 Å². The Bertz CT molecular complexity index is 75.3. The summed E-state index contributed by atoms with van der Waals surface area (Å²) in [6.45, 7) is 7.10. The summed E-state index contributed by atoms with van der Waals surface area (Å²) in [6.07, 6.45) is 2.04. The monoisotopic (exact) mass is 191 g/mol. The maximum Gasteiger partial charge on any atom is 0.0593 e. The molecule has 82 valence electrons. The van der Waals surface area contributed by atoms with Gasteiger partial charge in [0.05, 0.1) is 6.61 Å². The van der Waals surface area contributed by atoms with E-state index in [1.54, 1.807) is 0 Å². The van der Waals surface area contributed by atoms with Crippen LogP contribution in [0.1, 0.15) is 26.7 Å². The van der Waals surface area contributed by atoms with Crippen LogP contribution in [-0.4, -0.2) is 50.5 Å². The molecule has 0 bridgehead atoms. The van der Waals surface area contributed by atoms with Crippen LogP contribution in [0.5, 0.6) is 0 Å². The van der Waals surface area contributed by atoms with Crippen molar-refractivity contribution in [2.45, 2.75) is 26.7 Å². The summed E-state index contributed by atoms with van der Waals surface area (Å²) in [6, 6.07) is 0. The van der Waals surface area contributed by atoms with Crippen molar-refractivity contribution in [2.75, 3.05) is 40.5 Å². The van der Waals surface area contributed by atoms with Gasteiger partial charge < -0.3 is 14.7 Å². The highest BCUT2D eigenvalue weighted by molar-refractivity contribution is 4.37. The quantitative estimate of drug-likeness (QED) is 0.644. The molecular formula is C10H25NO2. The van der Waals surface area contributed by atoms with Crippen molar-refractivity contribution < 1.29 is 9.84 Å². The Morgan fingerprint density at radius 3 is 2.08 bits per heavy atom. The number of ether oxygens (including phenoxy) is 1. The SMILES string of the molecule is CCCCO.CCOCCN(C)C. The molecule has 0 unspecified atom stereocenters. The molecule has 13 heavy (non-hydrogen) atoms. The van der Waals surface area contributed by atoms with Gasteiger partial charge >= 0.3 is 0 Å². The number of rotatable bonds is 6. The minimum absolute atomic E-state index is 0.344. The first-order valence-corrected chi connectivity index (χ1v) is 5.02. The summed E-state index contributed by atoms with van der Waals surface area (Å²) in [4.78, 5) is 2.11. The van der Waals surface area contributed by atoms with Crippen LogP contribution in [0.15, 0.2) is 0 Å². The zero-order valence-corrected chi connectivity index (χ0v) is 9.55. The predicted molar refractivity (Wildman–Crippen MR) is 57.0 cm³/mol. The normalized spacial score (nSPS) is 9.69. The zero-order chi connectivity index (χ0) is 10.5. The van der Waals surface area contributed by atoms with Crippen molar-refractivity contribution in [2.24, 2.45) is 0 Å². The van der Waals surface area contributed by atoms with Gasteiger partial charge in [0.1, 0.15) is 0 Å². The molecule has 0 atom stereocenters. The van der Waals surface area contributed by atoms with Crippen molar-refractivity contribution >= 4 is 0 Å². The van der Waals surface area contributed by atoms with Gasteiger partial charge in [0.25, 0.3) is 0 Å². The summed E-state index contributed by atoms with van der Waals surface area (Å²) >= 11 is 0. The zero-order valence-electron chi connectivity index (χ0n) is 9.55.